The normalized spacial score (nSPS) is 15.7. The van der Waals surface area contributed by atoms with Crippen molar-refractivity contribution in [3.05, 3.63) is 25.3 Å². The van der Waals surface area contributed by atoms with Crippen LogP contribution in [0.15, 0.2) is 25.3 Å². The van der Waals surface area contributed by atoms with Crippen molar-refractivity contribution in [2.24, 2.45) is 17.3 Å². The molecule has 0 nitrogen and oxygen atoms in total. The molecule has 0 aromatic rings. The zero-order valence-electron chi connectivity index (χ0n) is 11.1. The molecule has 0 amide bonds. The fourth-order valence-corrected chi connectivity index (χ4v) is 2.13. The highest BCUT2D eigenvalue weighted by atomic mass is 14.4. The molecular weight excluding hydrogens is 180 g/mol. The van der Waals surface area contributed by atoms with Gasteiger partial charge in [0.2, 0.25) is 0 Å². The quantitative estimate of drug-likeness (QED) is 0.480. The SMILES string of the molecule is C=CCC(C=C)C(C)(C)C(C)CCCC. The summed E-state index contributed by atoms with van der Waals surface area (Å²) >= 11 is 0. The van der Waals surface area contributed by atoms with Gasteiger partial charge >= 0.3 is 0 Å². The fourth-order valence-electron chi connectivity index (χ4n) is 2.13. The van der Waals surface area contributed by atoms with Crippen molar-refractivity contribution in [2.45, 2.75) is 53.4 Å². The maximum absolute atomic E-state index is 3.96. The zero-order chi connectivity index (χ0) is 11.9. The van der Waals surface area contributed by atoms with Crippen LogP contribution >= 0.6 is 0 Å². The number of hydrogen-bond donors (Lipinski definition) is 0. The van der Waals surface area contributed by atoms with Gasteiger partial charge in [0.05, 0.1) is 0 Å². The largest absolute Gasteiger partial charge is 0.103 e. The molecule has 88 valence electrons. The van der Waals surface area contributed by atoms with E-state index in [9.17, 15) is 0 Å². The minimum atomic E-state index is 0.338. The van der Waals surface area contributed by atoms with Crippen LogP contribution in [0.1, 0.15) is 53.4 Å². The third kappa shape index (κ3) is 4.24. The van der Waals surface area contributed by atoms with Gasteiger partial charge in [-0.3, -0.25) is 0 Å². The van der Waals surface area contributed by atoms with E-state index < -0.39 is 0 Å². The topological polar surface area (TPSA) is 0 Å². The molecule has 0 spiro atoms. The zero-order valence-corrected chi connectivity index (χ0v) is 11.1. The molecular formula is C15H28. The summed E-state index contributed by atoms with van der Waals surface area (Å²) in [5.74, 6) is 1.31. The van der Waals surface area contributed by atoms with Crippen LogP contribution < -0.4 is 0 Å². The molecule has 15 heavy (non-hydrogen) atoms. The van der Waals surface area contributed by atoms with Gasteiger partial charge in [0.1, 0.15) is 0 Å². The maximum atomic E-state index is 3.96. The van der Waals surface area contributed by atoms with E-state index in [4.69, 9.17) is 0 Å². The molecule has 0 heterocycles. The molecule has 2 unspecified atom stereocenters. The Balaban J connectivity index is 4.45. The Kier molecular flexibility index (Phi) is 6.63. The van der Waals surface area contributed by atoms with E-state index in [1.165, 1.54) is 19.3 Å². The fraction of sp³-hybridized carbons (Fsp3) is 0.733. The summed E-state index contributed by atoms with van der Waals surface area (Å²) in [7, 11) is 0. The van der Waals surface area contributed by atoms with Gasteiger partial charge in [-0.1, -0.05) is 59.1 Å². The lowest BCUT2D eigenvalue weighted by Gasteiger charge is -2.38. The number of hydrogen-bond acceptors (Lipinski definition) is 0. The van der Waals surface area contributed by atoms with Gasteiger partial charge in [-0.2, -0.15) is 0 Å². The Morgan fingerprint density at radius 3 is 2.27 bits per heavy atom. The Morgan fingerprint density at radius 1 is 1.27 bits per heavy atom. The summed E-state index contributed by atoms with van der Waals surface area (Å²) in [5, 5.41) is 0. The van der Waals surface area contributed by atoms with Crippen molar-refractivity contribution < 1.29 is 0 Å². The Bertz CT molecular complexity index is 188. The van der Waals surface area contributed by atoms with E-state index in [0.29, 0.717) is 11.3 Å². The van der Waals surface area contributed by atoms with Crippen molar-refractivity contribution in [1.29, 1.82) is 0 Å². The van der Waals surface area contributed by atoms with Crippen LogP contribution in [0.25, 0.3) is 0 Å². The molecule has 0 aliphatic carbocycles. The van der Waals surface area contributed by atoms with Crippen molar-refractivity contribution in [2.75, 3.05) is 0 Å². The Hall–Kier alpha value is -0.520. The Morgan fingerprint density at radius 2 is 1.87 bits per heavy atom. The highest BCUT2D eigenvalue weighted by Crippen LogP contribution is 2.40. The summed E-state index contributed by atoms with van der Waals surface area (Å²) in [6.07, 6.45) is 9.12. The molecule has 0 radical (unpaired) electrons. The lowest BCUT2D eigenvalue weighted by Crippen LogP contribution is -2.29. The van der Waals surface area contributed by atoms with Crippen LogP contribution in [0.3, 0.4) is 0 Å². The molecule has 0 saturated heterocycles. The molecule has 0 bridgehead atoms. The maximum Gasteiger partial charge on any atom is -0.0148 e. The van der Waals surface area contributed by atoms with Crippen molar-refractivity contribution >= 4 is 0 Å². The second-order valence-electron chi connectivity index (χ2n) is 5.23. The first-order chi connectivity index (χ1) is 7.00. The highest BCUT2D eigenvalue weighted by Gasteiger charge is 2.31. The molecule has 0 heteroatoms. The third-order valence-electron chi connectivity index (χ3n) is 3.92. The molecule has 0 rings (SSSR count). The number of allylic oxidation sites excluding steroid dienone is 2. The van der Waals surface area contributed by atoms with Crippen LogP contribution in [0, 0.1) is 17.3 Å². The van der Waals surface area contributed by atoms with Crippen LogP contribution in [0.5, 0.6) is 0 Å². The minimum absolute atomic E-state index is 0.338. The van der Waals surface area contributed by atoms with Crippen molar-refractivity contribution in [3.63, 3.8) is 0 Å². The van der Waals surface area contributed by atoms with Crippen molar-refractivity contribution in [1.82, 2.24) is 0 Å². The van der Waals surface area contributed by atoms with E-state index >= 15 is 0 Å². The summed E-state index contributed by atoms with van der Waals surface area (Å²) in [6, 6.07) is 0. The average molecular weight is 208 g/mol. The average Bonchev–Trinajstić information content (AvgIpc) is 2.21. The van der Waals surface area contributed by atoms with E-state index in [1.807, 2.05) is 6.08 Å². The number of rotatable bonds is 8. The molecule has 0 aromatic heterocycles. The molecule has 0 fully saturated rings. The lowest BCUT2D eigenvalue weighted by atomic mass is 9.67. The van der Waals surface area contributed by atoms with Gasteiger partial charge < -0.3 is 0 Å². The standard InChI is InChI=1S/C15H28/c1-7-10-12-13(4)15(5,6)14(9-3)11-8-2/h8-9,13-14H,2-3,7,10-12H2,1,4-6H3. The van der Waals surface area contributed by atoms with Crippen LogP contribution in [-0.4, -0.2) is 0 Å². The second-order valence-corrected chi connectivity index (χ2v) is 5.23. The molecule has 2 atom stereocenters. The second kappa shape index (κ2) is 6.87. The van der Waals surface area contributed by atoms with E-state index in [-0.39, 0.29) is 0 Å². The predicted octanol–water partition coefficient (Wildman–Crippen LogP) is 5.22. The smallest absolute Gasteiger partial charge is 0.0148 e. The van der Waals surface area contributed by atoms with Crippen LogP contribution in [0.4, 0.5) is 0 Å². The number of unbranched alkanes of at least 4 members (excludes halogenated alkanes) is 1. The van der Waals surface area contributed by atoms with E-state index in [1.54, 1.807) is 0 Å². The minimum Gasteiger partial charge on any atom is -0.103 e. The first-order valence-corrected chi connectivity index (χ1v) is 6.24. The molecule has 0 saturated carbocycles. The van der Waals surface area contributed by atoms with Gasteiger partial charge in [-0.05, 0) is 23.7 Å². The van der Waals surface area contributed by atoms with Gasteiger partial charge in [-0.25, -0.2) is 0 Å². The lowest BCUT2D eigenvalue weighted by molar-refractivity contribution is 0.149. The van der Waals surface area contributed by atoms with Gasteiger partial charge in [0.25, 0.3) is 0 Å². The summed E-state index contributed by atoms with van der Waals surface area (Å²) in [4.78, 5) is 0. The summed E-state index contributed by atoms with van der Waals surface area (Å²) in [6.45, 7) is 17.2. The third-order valence-corrected chi connectivity index (χ3v) is 3.92. The molecule has 0 aromatic carbocycles. The van der Waals surface area contributed by atoms with E-state index in [2.05, 4.69) is 46.9 Å². The summed E-state index contributed by atoms with van der Waals surface area (Å²) < 4.78 is 0. The van der Waals surface area contributed by atoms with Crippen LogP contribution in [-0.2, 0) is 0 Å². The van der Waals surface area contributed by atoms with Gasteiger partial charge in [0, 0.05) is 0 Å². The molecule has 0 aliphatic rings. The Labute approximate surface area is 96.5 Å². The van der Waals surface area contributed by atoms with Gasteiger partial charge in [0.15, 0.2) is 0 Å². The molecule has 0 N–H and O–H groups in total. The monoisotopic (exact) mass is 208 g/mol. The first kappa shape index (κ1) is 14.5. The highest BCUT2D eigenvalue weighted by molar-refractivity contribution is 4.96. The molecule has 0 aliphatic heterocycles. The first-order valence-electron chi connectivity index (χ1n) is 6.24. The predicted molar refractivity (Wildman–Crippen MR) is 71.0 cm³/mol. The van der Waals surface area contributed by atoms with Crippen molar-refractivity contribution in [3.8, 4) is 0 Å². The summed E-state index contributed by atoms with van der Waals surface area (Å²) in [5.41, 5.74) is 0.338. The van der Waals surface area contributed by atoms with Crippen LogP contribution in [0.2, 0.25) is 0 Å². The van der Waals surface area contributed by atoms with E-state index in [0.717, 1.165) is 12.3 Å². The van der Waals surface area contributed by atoms with Gasteiger partial charge in [-0.15, -0.1) is 13.2 Å².